The Labute approximate surface area is 104 Å². The van der Waals surface area contributed by atoms with Gasteiger partial charge in [0.25, 0.3) is 5.92 Å². The van der Waals surface area contributed by atoms with Crippen LogP contribution in [0.2, 0.25) is 0 Å². The third-order valence-corrected chi connectivity index (χ3v) is 3.28. The van der Waals surface area contributed by atoms with Gasteiger partial charge in [-0.2, -0.15) is 0 Å². The summed E-state index contributed by atoms with van der Waals surface area (Å²) in [4.78, 5) is 10.8. The molecular weight excluding hydrogens is 240 g/mol. The van der Waals surface area contributed by atoms with Crippen molar-refractivity contribution in [2.45, 2.75) is 25.3 Å². The molecule has 98 valence electrons. The van der Waals surface area contributed by atoms with Crippen LogP contribution in [0.15, 0.2) is 24.3 Å². The third kappa shape index (κ3) is 2.67. The van der Waals surface area contributed by atoms with Crippen molar-refractivity contribution >= 4 is 5.97 Å². The Morgan fingerprint density at radius 1 is 1.50 bits per heavy atom. The van der Waals surface area contributed by atoms with Gasteiger partial charge in [-0.05, 0) is 18.1 Å². The van der Waals surface area contributed by atoms with Gasteiger partial charge in [0.1, 0.15) is 0 Å². The highest BCUT2D eigenvalue weighted by Gasteiger charge is 2.31. The molecule has 1 aromatic rings. The Bertz CT molecular complexity index is 457. The Kier molecular flexibility index (Phi) is 3.34. The van der Waals surface area contributed by atoms with E-state index in [0.29, 0.717) is 13.0 Å². The molecule has 18 heavy (non-hydrogen) atoms. The zero-order valence-corrected chi connectivity index (χ0v) is 9.99. The smallest absolute Gasteiger partial charge is 0.307 e. The van der Waals surface area contributed by atoms with Gasteiger partial charge in [-0.3, -0.25) is 4.79 Å². The molecule has 5 heteroatoms. The van der Waals surface area contributed by atoms with Crippen LogP contribution in [0.5, 0.6) is 0 Å². The van der Waals surface area contributed by atoms with Crippen LogP contribution in [0, 0.1) is 5.92 Å². The molecule has 0 aromatic heterocycles. The first-order valence-electron chi connectivity index (χ1n) is 5.82. The maximum absolute atomic E-state index is 13.2. The number of nitrogens with one attached hydrogen (secondary N) is 1. The van der Waals surface area contributed by atoms with E-state index in [4.69, 9.17) is 5.11 Å². The van der Waals surface area contributed by atoms with E-state index in [9.17, 15) is 13.6 Å². The van der Waals surface area contributed by atoms with E-state index in [1.54, 1.807) is 12.1 Å². The van der Waals surface area contributed by atoms with Gasteiger partial charge in [-0.1, -0.05) is 18.2 Å². The second-order valence-electron chi connectivity index (χ2n) is 4.75. The van der Waals surface area contributed by atoms with Crippen LogP contribution >= 0.6 is 0 Å². The van der Waals surface area contributed by atoms with E-state index in [1.807, 2.05) is 0 Å². The van der Waals surface area contributed by atoms with Gasteiger partial charge in [0.2, 0.25) is 0 Å². The molecule has 1 aliphatic heterocycles. The van der Waals surface area contributed by atoms with Crippen molar-refractivity contribution in [1.82, 2.24) is 5.32 Å². The summed E-state index contributed by atoms with van der Waals surface area (Å²) in [7, 11) is 0. The molecule has 0 bridgehead atoms. The molecule has 2 atom stereocenters. The zero-order chi connectivity index (χ0) is 13.3. The largest absolute Gasteiger partial charge is 0.481 e. The molecule has 2 N–H and O–H groups in total. The number of hydrogen-bond donors (Lipinski definition) is 2. The van der Waals surface area contributed by atoms with Gasteiger partial charge in [0.05, 0.1) is 5.92 Å². The molecule has 1 fully saturated rings. The fraction of sp³-hybridized carbons (Fsp3) is 0.462. The molecule has 0 spiro atoms. The van der Waals surface area contributed by atoms with Crippen molar-refractivity contribution in [1.29, 1.82) is 0 Å². The lowest BCUT2D eigenvalue weighted by molar-refractivity contribution is -0.141. The van der Waals surface area contributed by atoms with Gasteiger partial charge in [0, 0.05) is 25.1 Å². The van der Waals surface area contributed by atoms with Gasteiger partial charge in [-0.25, -0.2) is 8.78 Å². The molecule has 1 saturated heterocycles. The quantitative estimate of drug-likeness (QED) is 0.872. The number of carboxylic acid groups (broad SMARTS) is 1. The third-order valence-electron chi connectivity index (χ3n) is 3.28. The first-order valence-corrected chi connectivity index (χ1v) is 5.82. The van der Waals surface area contributed by atoms with E-state index in [2.05, 4.69) is 5.32 Å². The number of halogens is 2. The SMILES string of the molecule is CC(F)(F)c1cccc(C2CC(C(=O)O)CN2)c1. The average molecular weight is 255 g/mol. The van der Waals surface area contributed by atoms with Crippen LogP contribution in [0.1, 0.15) is 30.5 Å². The number of aliphatic carboxylic acids is 1. The first kappa shape index (κ1) is 13.0. The maximum atomic E-state index is 13.2. The van der Waals surface area contributed by atoms with Crippen molar-refractivity contribution < 1.29 is 18.7 Å². The maximum Gasteiger partial charge on any atom is 0.307 e. The van der Waals surface area contributed by atoms with E-state index < -0.39 is 17.8 Å². The van der Waals surface area contributed by atoms with Crippen LogP contribution in [-0.2, 0) is 10.7 Å². The molecule has 2 unspecified atom stereocenters. The van der Waals surface area contributed by atoms with Crippen molar-refractivity contribution in [2.24, 2.45) is 5.92 Å². The van der Waals surface area contributed by atoms with Crippen LogP contribution in [0.4, 0.5) is 8.78 Å². The van der Waals surface area contributed by atoms with Crippen molar-refractivity contribution in [3.05, 3.63) is 35.4 Å². The summed E-state index contributed by atoms with van der Waals surface area (Å²) in [6, 6.07) is 6.00. The lowest BCUT2D eigenvalue weighted by Gasteiger charge is -2.15. The monoisotopic (exact) mass is 255 g/mol. The minimum atomic E-state index is -2.87. The Morgan fingerprint density at radius 2 is 2.22 bits per heavy atom. The summed E-state index contributed by atoms with van der Waals surface area (Å²) in [5.41, 5.74) is 0.679. The van der Waals surface area contributed by atoms with E-state index >= 15 is 0 Å². The van der Waals surface area contributed by atoms with Crippen molar-refractivity contribution in [3.8, 4) is 0 Å². The lowest BCUT2D eigenvalue weighted by Crippen LogP contribution is -2.17. The fourth-order valence-electron chi connectivity index (χ4n) is 2.21. The zero-order valence-electron chi connectivity index (χ0n) is 9.99. The molecule has 1 heterocycles. The highest BCUT2D eigenvalue weighted by molar-refractivity contribution is 5.70. The number of carboxylic acids is 1. The second kappa shape index (κ2) is 4.65. The molecular formula is C13H15F2NO2. The molecule has 0 aliphatic carbocycles. The lowest BCUT2D eigenvalue weighted by atomic mass is 9.97. The Morgan fingerprint density at radius 3 is 2.78 bits per heavy atom. The van der Waals surface area contributed by atoms with E-state index in [-0.39, 0.29) is 11.6 Å². The molecule has 0 saturated carbocycles. The van der Waals surface area contributed by atoms with Crippen molar-refractivity contribution in [3.63, 3.8) is 0 Å². The van der Waals surface area contributed by atoms with Crippen LogP contribution in [0.25, 0.3) is 0 Å². The van der Waals surface area contributed by atoms with Gasteiger partial charge in [-0.15, -0.1) is 0 Å². The summed E-state index contributed by atoms with van der Waals surface area (Å²) in [5.74, 6) is -4.16. The molecule has 0 amide bonds. The van der Waals surface area contributed by atoms with Gasteiger partial charge >= 0.3 is 5.97 Å². The predicted molar refractivity (Wildman–Crippen MR) is 62.5 cm³/mol. The summed E-state index contributed by atoms with van der Waals surface area (Å²) in [6.07, 6.45) is 0.439. The molecule has 2 rings (SSSR count). The van der Waals surface area contributed by atoms with E-state index in [1.165, 1.54) is 12.1 Å². The second-order valence-corrected chi connectivity index (χ2v) is 4.75. The minimum absolute atomic E-state index is 0.0411. The number of alkyl halides is 2. The standard InChI is InChI=1S/C13H15F2NO2/c1-13(14,15)10-4-2-3-8(5-10)11-6-9(7-16-11)12(17)18/h2-5,9,11,16H,6-7H2,1H3,(H,17,18). The topological polar surface area (TPSA) is 49.3 Å². The number of benzene rings is 1. The highest BCUT2D eigenvalue weighted by Crippen LogP contribution is 2.32. The molecule has 0 radical (unpaired) electrons. The summed E-state index contributed by atoms with van der Waals surface area (Å²) in [5, 5.41) is 12.0. The average Bonchev–Trinajstić information content (AvgIpc) is 2.77. The van der Waals surface area contributed by atoms with Crippen molar-refractivity contribution in [2.75, 3.05) is 6.54 Å². The number of hydrogen-bond acceptors (Lipinski definition) is 2. The first-order chi connectivity index (χ1) is 8.38. The fourth-order valence-corrected chi connectivity index (χ4v) is 2.21. The summed E-state index contributed by atoms with van der Waals surface area (Å²) >= 11 is 0. The van der Waals surface area contributed by atoms with Gasteiger partial charge in [0.15, 0.2) is 0 Å². The summed E-state index contributed by atoms with van der Waals surface area (Å²) in [6.45, 7) is 1.24. The molecule has 1 aromatic carbocycles. The van der Waals surface area contributed by atoms with Gasteiger partial charge < -0.3 is 10.4 Å². The normalized spacial score (nSPS) is 24.2. The van der Waals surface area contributed by atoms with E-state index in [0.717, 1.165) is 12.5 Å². The summed E-state index contributed by atoms with van der Waals surface area (Å²) < 4.78 is 26.4. The predicted octanol–water partition coefficient (Wildman–Crippen LogP) is 2.53. The van der Waals surface area contributed by atoms with Crippen LogP contribution in [0.3, 0.4) is 0 Å². The Hall–Kier alpha value is -1.49. The Balaban J connectivity index is 2.18. The molecule has 1 aliphatic rings. The minimum Gasteiger partial charge on any atom is -0.481 e. The number of carbonyl (C=O) groups is 1. The molecule has 3 nitrogen and oxygen atoms in total. The number of rotatable bonds is 3. The van der Waals surface area contributed by atoms with Crippen LogP contribution < -0.4 is 5.32 Å². The highest BCUT2D eigenvalue weighted by atomic mass is 19.3. The van der Waals surface area contributed by atoms with Crippen LogP contribution in [-0.4, -0.2) is 17.6 Å².